The number of carbonyl (C=O) groups excluding carboxylic acids is 2. The Morgan fingerprint density at radius 2 is 0.983 bits per heavy atom. The molecule has 1 rings (SSSR count). The van der Waals surface area contributed by atoms with Gasteiger partial charge in [-0.2, -0.15) is 0 Å². The predicted molar refractivity (Wildman–Crippen MR) is 230 cm³/mol. The van der Waals surface area contributed by atoms with E-state index in [4.69, 9.17) is 18.5 Å². The van der Waals surface area contributed by atoms with Gasteiger partial charge in [0.1, 0.15) is 43.2 Å². The molecule has 1 aliphatic rings. The Morgan fingerprint density at radius 3 is 1.46 bits per heavy atom. The monoisotopic (exact) mass is 861 g/mol. The van der Waals surface area contributed by atoms with Crippen molar-refractivity contribution in [2.75, 3.05) is 13.2 Å². The molecule has 0 radical (unpaired) electrons. The molecule has 59 heavy (non-hydrogen) atoms. The lowest BCUT2D eigenvalue weighted by Crippen LogP contribution is -2.64. The van der Waals surface area contributed by atoms with Crippen LogP contribution in [0.1, 0.15) is 180 Å². The Kier molecular flexibility index (Phi) is 33.3. The summed E-state index contributed by atoms with van der Waals surface area (Å²) in [7, 11) is -5.12. The first-order chi connectivity index (χ1) is 28.4. The molecule has 0 heterocycles. The summed E-state index contributed by atoms with van der Waals surface area (Å²) in [6.07, 6.45) is 25.2. The molecule has 344 valence electrons. The van der Waals surface area contributed by atoms with Gasteiger partial charge >= 0.3 is 19.8 Å². The van der Waals surface area contributed by atoms with Crippen LogP contribution in [0, 0.1) is 0 Å². The van der Waals surface area contributed by atoms with Crippen LogP contribution in [0.15, 0.2) is 37.0 Å². The molecule has 0 saturated heterocycles. The Labute approximate surface area is 355 Å². The molecule has 0 aromatic heterocycles. The highest BCUT2D eigenvalue weighted by Crippen LogP contribution is 2.47. The van der Waals surface area contributed by atoms with Gasteiger partial charge in [0.2, 0.25) is 0 Å². The van der Waals surface area contributed by atoms with Gasteiger partial charge in [0.25, 0.3) is 0 Å². The van der Waals surface area contributed by atoms with Crippen molar-refractivity contribution >= 4 is 19.8 Å². The quantitative estimate of drug-likeness (QED) is 0.0113. The van der Waals surface area contributed by atoms with E-state index in [0.717, 1.165) is 70.6 Å². The van der Waals surface area contributed by atoms with Crippen LogP contribution in [0.25, 0.3) is 0 Å². The van der Waals surface area contributed by atoms with Crippen molar-refractivity contribution in [1.82, 2.24) is 0 Å². The van der Waals surface area contributed by atoms with E-state index in [2.05, 4.69) is 37.8 Å². The van der Waals surface area contributed by atoms with Crippen LogP contribution in [0.3, 0.4) is 0 Å². The number of hydrogen-bond acceptors (Lipinski definition) is 12. The largest absolute Gasteiger partial charge is 0.472 e. The molecule has 0 spiro atoms. The van der Waals surface area contributed by atoms with E-state index in [1.807, 2.05) is 6.08 Å². The second kappa shape index (κ2) is 35.6. The number of rotatable bonds is 38. The highest BCUT2D eigenvalue weighted by molar-refractivity contribution is 7.47. The van der Waals surface area contributed by atoms with Gasteiger partial charge in [-0.25, -0.2) is 4.57 Å². The normalized spacial score (nSPS) is 22.4. The maximum absolute atomic E-state index is 12.8. The first-order valence-electron chi connectivity index (χ1n) is 22.8. The average Bonchev–Trinajstić information content (AvgIpc) is 3.21. The van der Waals surface area contributed by atoms with Crippen molar-refractivity contribution < 1.29 is 63.1 Å². The van der Waals surface area contributed by atoms with Crippen LogP contribution in [0.4, 0.5) is 0 Å². The zero-order valence-electron chi connectivity index (χ0n) is 36.1. The molecule has 0 bridgehead atoms. The summed E-state index contributed by atoms with van der Waals surface area (Å²) in [5.41, 5.74) is 0. The van der Waals surface area contributed by atoms with Crippen LogP contribution in [-0.2, 0) is 32.7 Å². The van der Waals surface area contributed by atoms with E-state index >= 15 is 0 Å². The third kappa shape index (κ3) is 28.3. The molecule has 1 saturated carbocycles. The summed E-state index contributed by atoms with van der Waals surface area (Å²) >= 11 is 0. The fourth-order valence-corrected chi connectivity index (χ4v) is 7.88. The van der Waals surface area contributed by atoms with Crippen LogP contribution in [0.2, 0.25) is 0 Å². The Hall–Kier alpha value is -1.93. The lowest BCUT2D eigenvalue weighted by Gasteiger charge is -2.41. The van der Waals surface area contributed by atoms with Crippen molar-refractivity contribution in [3.63, 3.8) is 0 Å². The third-order valence-corrected chi connectivity index (χ3v) is 11.6. The number of esters is 2. The number of hydrogen-bond donors (Lipinski definition) is 6. The summed E-state index contributed by atoms with van der Waals surface area (Å²) in [5, 5.41) is 50.1. The minimum Gasteiger partial charge on any atom is -0.462 e. The van der Waals surface area contributed by atoms with Crippen LogP contribution >= 0.6 is 7.82 Å². The number of aliphatic hydroxyl groups excluding tert-OH is 5. The first-order valence-corrected chi connectivity index (χ1v) is 24.3. The van der Waals surface area contributed by atoms with E-state index < -0.39 is 75.7 Å². The fourth-order valence-electron chi connectivity index (χ4n) is 6.91. The lowest BCUT2D eigenvalue weighted by molar-refractivity contribution is -0.220. The SMILES string of the molecule is C=CCCCCCCCCCCCCCCCC(=O)O[C@H](COC(=O)CCCCCCC/C=C/C=C/CCCCCC)COP(=O)(O)OC1C(O)C(O)C(O)[C@@H](O)C1O. The Morgan fingerprint density at radius 1 is 0.576 bits per heavy atom. The topological polar surface area (TPSA) is 210 Å². The molecule has 6 N–H and O–H groups in total. The van der Waals surface area contributed by atoms with E-state index in [0.29, 0.717) is 12.8 Å². The minimum absolute atomic E-state index is 0.0920. The van der Waals surface area contributed by atoms with Crippen LogP contribution in [0.5, 0.6) is 0 Å². The highest BCUT2D eigenvalue weighted by Gasteiger charge is 2.51. The number of carbonyl (C=O) groups is 2. The average molecular weight is 861 g/mol. The molecule has 0 aliphatic heterocycles. The maximum atomic E-state index is 12.8. The zero-order chi connectivity index (χ0) is 43.6. The first kappa shape index (κ1) is 55.1. The van der Waals surface area contributed by atoms with Gasteiger partial charge in [0.05, 0.1) is 6.61 Å². The number of ether oxygens (including phenoxy) is 2. The van der Waals surface area contributed by atoms with Crippen molar-refractivity contribution in [3.05, 3.63) is 37.0 Å². The number of unbranched alkanes of at least 4 members (excludes halogenated alkanes) is 22. The fraction of sp³-hybridized carbons (Fsp3) is 0.822. The lowest BCUT2D eigenvalue weighted by atomic mass is 9.85. The molecule has 6 unspecified atom stereocenters. The zero-order valence-corrected chi connectivity index (χ0v) is 37.0. The summed E-state index contributed by atoms with van der Waals surface area (Å²) < 4.78 is 33.5. The van der Waals surface area contributed by atoms with Crippen LogP contribution < -0.4 is 0 Å². The second-order valence-electron chi connectivity index (χ2n) is 16.0. The van der Waals surface area contributed by atoms with Gasteiger partial charge in [-0.15, -0.1) is 6.58 Å². The number of phosphoric ester groups is 1. The smallest absolute Gasteiger partial charge is 0.462 e. The molecule has 14 heteroatoms. The summed E-state index contributed by atoms with van der Waals surface area (Å²) in [5.74, 6) is -1.12. The summed E-state index contributed by atoms with van der Waals surface area (Å²) in [6, 6.07) is 0. The Bertz CT molecular complexity index is 1160. The van der Waals surface area contributed by atoms with Gasteiger partial charge in [-0.3, -0.25) is 18.6 Å². The van der Waals surface area contributed by atoms with Crippen molar-refractivity contribution in [3.8, 4) is 0 Å². The Balaban J connectivity index is 2.47. The molecule has 8 atom stereocenters. The van der Waals surface area contributed by atoms with Gasteiger partial charge in [0, 0.05) is 12.8 Å². The molecule has 0 amide bonds. The van der Waals surface area contributed by atoms with E-state index in [1.165, 1.54) is 77.0 Å². The molecular formula is C45H81O13P. The van der Waals surface area contributed by atoms with Gasteiger partial charge in [-0.1, -0.05) is 146 Å². The molecule has 0 aromatic rings. The van der Waals surface area contributed by atoms with Crippen molar-refractivity contribution in [2.45, 2.75) is 223 Å². The molecule has 1 aliphatic carbocycles. The standard InChI is InChI=1S/C45H81O13P/c1-3-5-7-9-11-13-15-17-19-21-23-25-27-29-31-33-38(46)55-35-37(36-56-59(53,54)58-45-43(51)41(49)40(48)42(50)44(45)52)57-39(47)34-32-30-28-26-24-22-20-18-16-14-12-10-8-6-4-2/h4,13,15,17,19,37,40-45,48-52H,2-3,5-12,14,16,18,20-36H2,1H3,(H,53,54)/b15-13+,19-17+/t37-,40?,41-,42?,43?,44?,45?/m1/s1. The van der Waals surface area contributed by atoms with E-state index in [9.17, 15) is 44.6 Å². The van der Waals surface area contributed by atoms with Gasteiger partial charge in [0.15, 0.2) is 6.10 Å². The van der Waals surface area contributed by atoms with Crippen LogP contribution in [-0.4, -0.2) is 98.3 Å². The van der Waals surface area contributed by atoms with E-state index in [-0.39, 0.29) is 12.8 Å². The summed E-state index contributed by atoms with van der Waals surface area (Å²) in [6.45, 7) is 4.79. The molecule has 13 nitrogen and oxygen atoms in total. The minimum atomic E-state index is -5.12. The van der Waals surface area contributed by atoms with Gasteiger partial charge in [-0.05, 0) is 51.4 Å². The maximum Gasteiger partial charge on any atom is 0.472 e. The predicted octanol–water partition coefficient (Wildman–Crippen LogP) is 8.61. The second-order valence-corrected chi connectivity index (χ2v) is 17.4. The number of aliphatic hydroxyl groups is 5. The molecule has 1 fully saturated rings. The summed E-state index contributed by atoms with van der Waals surface area (Å²) in [4.78, 5) is 35.7. The molecular weight excluding hydrogens is 779 g/mol. The number of phosphoric acid groups is 1. The van der Waals surface area contributed by atoms with Crippen molar-refractivity contribution in [1.29, 1.82) is 0 Å². The van der Waals surface area contributed by atoms with E-state index in [1.54, 1.807) is 0 Å². The highest BCUT2D eigenvalue weighted by atomic mass is 31.2. The third-order valence-electron chi connectivity index (χ3n) is 10.6. The van der Waals surface area contributed by atoms with Gasteiger partial charge < -0.3 is 39.9 Å². The molecule has 0 aromatic carbocycles. The van der Waals surface area contributed by atoms with Crippen molar-refractivity contribution in [2.24, 2.45) is 0 Å². The number of allylic oxidation sites excluding steroid dienone is 5.